The molecule has 2 aromatic rings. The van der Waals surface area contributed by atoms with Crippen molar-refractivity contribution in [3.8, 4) is 5.75 Å². The molecule has 1 aromatic heterocycles. The van der Waals surface area contributed by atoms with Crippen molar-refractivity contribution in [3.05, 3.63) is 58.3 Å². The Morgan fingerprint density at radius 1 is 1.25 bits per heavy atom. The number of aromatic nitrogens is 1. The minimum absolute atomic E-state index is 0.182. The lowest BCUT2D eigenvalue weighted by molar-refractivity contribution is 0.305. The predicted octanol–water partition coefficient (Wildman–Crippen LogP) is 3.70. The topological polar surface area (TPSA) is 48.1 Å². The van der Waals surface area contributed by atoms with Gasteiger partial charge in [0.1, 0.15) is 12.4 Å². The quantitative estimate of drug-likeness (QED) is 0.876. The Labute approximate surface area is 128 Å². The van der Waals surface area contributed by atoms with Gasteiger partial charge >= 0.3 is 0 Å². The normalized spacial score (nSPS) is 12.2. The van der Waals surface area contributed by atoms with Crippen LogP contribution in [0.2, 0.25) is 0 Å². The Bertz CT molecular complexity index is 545. The van der Waals surface area contributed by atoms with Gasteiger partial charge in [0.05, 0.1) is 0 Å². The van der Waals surface area contributed by atoms with E-state index in [1.807, 2.05) is 24.3 Å². The third kappa shape index (κ3) is 4.32. The lowest BCUT2D eigenvalue weighted by atomic mass is 10.0. The number of rotatable bonds is 6. The lowest BCUT2D eigenvalue weighted by Gasteiger charge is -2.13. The molecule has 0 saturated heterocycles. The Kier molecular flexibility index (Phi) is 5.56. The number of nitrogens with two attached hydrogens (primary N) is 1. The van der Waals surface area contributed by atoms with Crippen molar-refractivity contribution in [3.63, 3.8) is 0 Å². The Morgan fingerprint density at radius 3 is 2.70 bits per heavy atom. The molecule has 1 heterocycles. The second-order valence-electron chi connectivity index (χ2n) is 4.77. The zero-order valence-electron chi connectivity index (χ0n) is 11.6. The number of pyridine rings is 1. The predicted molar refractivity (Wildman–Crippen MR) is 84.7 cm³/mol. The molecule has 1 atom stereocenters. The summed E-state index contributed by atoms with van der Waals surface area (Å²) in [5.41, 5.74) is 8.31. The molecule has 1 unspecified atom stereocenters. The molecule has 0 saturated carbocycles. The smallest absolute Gasteiger partial charge is 0.120 e. The highest BCUT2D eigenvalue weighted by Gasteiger charge is 2.07. The van der Waals surface area contributed by atoms with Crippen LogP contribution >= 0.6 is 15.9 Å². The summed E-state index contributed by atoms with van der Waals surface area (Å²) in [6.07, 6.45) is 5.36. The Hall–Kier alpha value is -1.39. The van der Waals surface area contributed by atoms with Gasteiger partial charge in [-0.2, -0.15) is 0 Å². The maximum absolute atomic E-state index is 6.02. The van der Waals surface area contributed by atoms with Crippen molar-refractivity contribution < 1.29 is 4.74 Å². The Morgan fingerprint density at radius 2 is 2.00 bits per heavy atom. The van der Waals surface area contributed by atoms with E-state index in [4.69, 9.17) is 10.5 Å². The van der Waals surface area contributed by atoms with E-state index < -0.39 is 0 Å². The molecular formula is C16H19BrN2O. The molecule has 4 heteroatoms. The summed E-state index contributed by atoms with van der Waals surface area (Å²) in [5, 5.41) is 0. The van der Waals surface area contributed by atoms with Gasteiger partial charge < -0.3 is 10.5 Å². The van der Waals surface area contributed by atoms with Crippen LogP contribution in [0.4, 0.5) is 0 Å². The van der Waals surface area contributed by atoms with E-state index in [0.29, 0.717) is 6.61 Å². The second kappa shape index (κ2) is 7.41. The van der Waals surface area contributed by atoms with Gasteiger partial charge in [-0.3, -0.25) is 4.98 Å². The molecule has 0 spiro atoms. The van der Waals surface area contributed by atoms with Crippen molar-refractivity contribution in [2.45, 2.75) is 32.4 Å². The van der Waals surface area contributed by atoms with E-state index in [2.05, 4.69) is 33.9 Å². The molecule has 0 aliphatic rings. The number of halogens is 1. The zero-order valence-corrected chi connectivity index (χ0v) is 13.1. The van der Waals surface area contributed by atoms with Crippen molar-refractivity contribution in [1.82, 2.24) is 4.98 Å². The molecule has 0 fully saturated rings. The molecule has 106 valence electrons. The van der Waals surface area contributed by atoms with E-state index in [-0.39, 0.29) is 6.04 Å². The van der Waals surface area contributed by atoms with E-state index in [1.54, 1.807) is 12.4 Å². The van der Waals surface area contributed by atoms with Gasteiger partial charge in [0.15, 0.2) is 0 Å². The van der Waals surface area contributed by atoms with Crippen LogP contribution in [0, 0.1) is 0 Å². The summed E-state index contributed by atoms with van der Waals surface area (Å²) >= 11 is 3.56. The minimum Gasteiger partial charge on any atom is -0.489 e. The summed E-state index contributed by atoms with van der Waals surface area (Å²) in [7, 11) is 0. The number of nitrogens with zero attached hydrogens (tertiary/aromatic N) is 1. The van der Waals surface area contributed by atoms with Gasteiger partial charge in [0, 0.05) is 22.9 Å². The van der Waals surface area contributed by atoms with Crippen LogP contribution in [0.3, 0.4) is 0 Å². The maximum Gasteiger partial charge on any atom is 0.120 e. The first kappa shape index (κ1) is 15.0. The molecule has 2 rings (SSSR count). The van der Waals surface area contributed by atoms with Gasteiger partial charge in [0.2, 0.25) is 0 Å². The Balaban J connectivity index is 2.03. The highest BCUT2D eigenvalue weighted by molar-refractivity contribution is 9.10. The number of benzene rings is 1. The SMILES string of the molecule is CCC(N)Cc1cc(OCc2ccncc2)ccc1Br. The van der Waals surface area contributed by atoms with Crippen LogP contribution in [0.1, 0.15) is 24.5 Å². The maximum atomic E-state index is 6.02. The molecule has 2 N–H and O–H groups in total. The van der Waals surface area contributed by atoms with Crippen LogP contribution in [0.5, 0.6) is 5.75 Å². The first-order valence-corrected chi connectivity index (χ1v) is 7.54. The van der Waals surface area contributed by atoms with Crippen LogP contribution in [0.25, 0.3) is 0 Å². The first-order valence-electron chi connectivity index (χ1n) is 6.74. The third-order valence-electron chi connectivity index (χ3n) is 3.18. The summed E-state index contributed by atoms with van der Waals surface area (Å²) in [6, 6.07) is 10.1. The molecule has 20 heavy (non-hydrogen) atoms. The van der Waals surface area contributed by atoms with Crippen molar-refractivity contribution in [2.75, 3.05) is 0 Å². The zero-order chi connectivity index (χ0) is 14.4. The summed E-state index contributed by atoms with van der Waals surface area (Å²) < 4.78 is 6.89. The molecule has 0 aliphatic heterocycles. The minimum atomic E-state index is 0.182. The summed E-state index contributed by atoms with van der Waals surface area (Å²) in [5.74, 6) is 0.864. The molecular weight excluding hydrogens is 316 g/mol. The van der Waals surface area contributed by atoms with Gasteiger partial charge in [-0.25, -0.2) is 0 Å². The fourth-order valence-electron chi connectivity index (χ4n) is 1.87. The van der Waals surface area contributed by atoms with Gasteiger partial charge in [-0.1, -0.05) is 22.9 Å². The van der Waals surface area contributed by atoms with Crippen LogP contribution in [0.15, 0.2) is 47.2 Å². The molecule has 3 nitrogen and oxygen atoms in total. The van der Waals surface area contributed by atoms with E-state index in [9.17, 15) is 0 Å². The van der Waals surface area contributed by atoms with Crippen LogP contribution in [-0.4, -0.2) is 11.0 Å². The van der Waals surface area contributed by atoms with E-state index in [1.165, 1.54) is 5.56 Å². The average Bonchev–Trinajstić information content (AvgIpc) is 2.49. The van der Waals surface area contributed by atoms with Crippen LogP contribution < -0.4 is 10.5 Å². The highest BCUT2D eigenvalue weighted by Crippen LogP contribution is 2.24. The van der Waals surface area contributed by atoms with E-state index >= 15 is 0 Å². The van der Waals surface area contributed by atoms with Crippen LogP contribution in [-0.2, 0) is 13.0 Å². The van der Waals surface area contributed by atoms with Crippen molar-refractivity contribution in [1.29, 1.82) is 0 Å². The molecule has 0 radical (unpaired) electrons. The van der Waals surface area contributed by atoms with E-state index in [0.717, 1.165) is 28.6 Å². The fourth-order valence-corrected chi connectivity index (χ4v) is 2.28. The van der Waals surface area contributed by atoms with Crippen molar-refractivity contribution >= 4 is 15.9 Å². The first-order chi connectivity index (χ1) is 9.69. The standard InChI is InChI=1S/C16H19BrN2O/c1-2-14(18)9-13-10-15(3-4-16(13)17)20-11-12-5-7-19-8-6-12/h3-8,10,14H,2,9,11,18H2,1H3. The van der Waals surface area contributed by atoms with Crippen molar-refractivity contribution in [2.24, 2.45) is 5.73 Å². The fraction of sp³-hybridized carbons (Fsp3) is 0.312. The van der Waals surface area contributed by atoms with Gasteiger partial charge in [-0.05, 0) is 54.3 Å². The summed E-state index contributed by atoms with van der Waals surface area (Å²) in [6.45, 7) is 2.64. The second-order valence-corrected chi connectivity index (χ2v) is 5.62. The molecule has 0 amide bonds. The average molecular weight is 335 g/mol. The molecule has 0 bridgehead atoms. The molecule has 0 aliphatic carbocycles. The highest BCUT2D eigenvalue weighted by atomic mass is 79.9. The van der Waals surface area contributed by atoms with Gasteiger partial charge in [-0.15, -0.1) is 0 Å². The molecule has 1 aromatic carbocycles. The lowest BCUT2D eigenvalue weighted by Crippen LogP contribution is -2.21. The monoisotopic (exact) mass is 334 g/mol. The summed E-state index contributed by atoms with van der Waals surface area (Å²) in [4.78, 5) is 3.99. The largest absolute Gasteiger partial charge is 0.489 e. The van der Waals surface area contributed by atoms with Gasteiger partial charge in [0.25, 0.3) is 0 Å². The third-order valence-corrected chi connectivity index (χ3v) is 3.95. The number of ether oxygens (including phenoxy) is 1. The number of hydrogen-bond donors (Lipinski definition) is 1. The number of hydrogen-bond acceptors (Lipinski definition) is 3.